The van der Waals surface area contributed by atoms with Crippen molar-refractivity contribution >= 4 is 11.4 Å². The van der Waals surface area contributed by atoms with Gasteiger partial charge in [-0.05, 0) is 24.3 Å². The first-order valence-corrected chi connectivity index (χ1v) is 7.30. The van der Waals surface area contributed by atoms with E-state index in [1.54, 1.807) is 0 Å². The number of quaternary nitrogens is 1. The van der Waals surface area contributed by atoms with Crippen molar-refractivity contribution in [3.63, 3.8) is 0 Å². The standard InChI is InChI=1S/C20H20N/c1-21(19-13-7-3-8-14-19,20-15-9-4-10-16-20)17-18-11-5-2-6-12-18/h2-16H,17H2,1H3/q+1. The molecule has 0 aromatic heterocycles. The molecule has 0 saturated carbocycles. The minimum Gasteiger partial charge on any atom is -0.257 e. The fourth-order valence-electron chi connectivity index (χ4n) is 2.79. The van der Waals surface area contributed by atoms with E-state index in [4.69, 9.17) is 0 Å². The number of hydrogen-bond donors (Lipinski definition) is 0. The maximum atomic E-state index is 2.28. The van der Waals surface area contributed by atoms with Gasteiger partial charge in [0.25, 0.3) is 0 Å². The van der Waals surface area contributed by atoms with Gasteiger partial charge in [0.15, 0.2) is 0 Å². The topological polar surface area (TPSA) is 0 Å². The predicted octanol–water partition coefficient (Wildman–Crippen LogP) is 5.16. The van der Waals surface area contributed by atoms with Gasteiger partial charge in [-0.15, -0.1) is 0 Å². The smallest absolute Gasteiger partial charge is 0.137 e. The van der Waals surface area contributed by atoms with Crippen LogP contribution < -0.4 is 4.48 Å². The van der Waals surface area contributed by atoms with E-state index in [9.17, 15) is 0 Å². The molecule has 1 heteroatoms. The maximum Gasteiger partial charge on any atom is 0.137 e. The van der Waals surface area contributed by atoms with Crippen LogP contribution in [0, 0.1) is 0 Å². The fraction of sp³-hybridized carbons (Fsp3) is 0.100. The Morgan fingerprint density at radius 1 is 0.571 bits per heavy atom. The van der Waals surface area contributed by atoms with Crippen LogP contribution in [0.3, 0.4) is 0 Å². The van der Waals surface area contributed by atoms with E-state index >= 15 is 0 Å². The molecule has 0 aliphatic rings. The first-order valence-electron chi connectivity index (χ1n) is 7.30. The van der Waals surface area contributed by atoms with Crippen molar-refractivity contribution in [1.82, 2.24) is 4.48 Å². The zero-order chi connectivity index (χ0) is 14.5. The molecule has 0 spiro atoms. The van der Waals surface area contributed by atoms with Gasteiger partial charge in [-0.1, -0.05) is 66.7 Å². The quantitative estimate of drug-likeness (QED) is 0.577. The summed E-state index contributed by atoms with van der Waals surface area (Å²) in [6.07, 6.45) is 0. The van der Waals surface area contributed by atoms with Gasteiger partial charge in [-0.3, -0.25) is 4.48 Å². The van der Waals surface area contributed by atoms with Crippen LogP contribution in [0.15, 0.2) is 91.0 Å². The molecule has 0 aliphatic carbocycles. The van der Waals surface area contributed by atoms with Crippen LogP contribution in [0.25, 0.3) is 0 Å². The van der Waals surface area contributed by atoms with Crippen LogP contribution in [-0.4, -0.2) is 7.05 Å². The molecular weight excluding hydrogens is 254 g/mol. The van der Waals surface area contributed by atoms with E-state index in [0.29, 0.717) is 0 Å². The van der Waals surface area contributed by atoms with E-state index < -0.39 is 0 Å². The molecule has 0 heterocycles. The van der Waals surface area contributed by atoms with Crippen molar-refractivity contribution < 1.29 is 0 Å². The fourth-order valence-corrected chi connectivity index (χ4v) is 2.79. The number of nitrogens with zero attached hydrogens (tertiary/aromatic N) is 1. The van der Waals surface area contributed by atoms with Gasteiger partial charge < -0.3 is 0 Å². The summed E-state index contributed by atoms with van der Waals surface area (Å²) in [6.45, 7) is 0.939. The second-order valence-corrected chi connectivity index (χ2v) is 5.51. The Labute approximate surface area is 126 Å². The minimum atomic E-state index is 0.770. The second-order valence-electron chi connectivity index (χ2n) is 5.51. The Balaban J connectivity index is 2.07. The van der Waals surface area contributed by atoms with Crippen molar-refractivity contribution in [1.29, 1.82) is 0 Å². The van der Waals surface area contributed by atoms with Crippen LogP contribution in [0.5, 0.6) is 0 Å². The average Bonchev–Trinajstić information content (AvgIpc) is 2.57. The summed E-state index contributed by atoms with van der Waals surface area (Å²) in [5.41, 5.74) is 3.94. The van der Waals surface area contributed by atoms with Gasteiger partial charge in [0, 0.05) is 5.56 Å². The third kappa shape index (κ3) is 2.88. The molecule has 0 atom stereocenters. The first-order chi connectivity index (χ1) is 10.3. The van der Waals surface area contributed by atoms with E-state index in [1.807, 2.05) is 0 Å². The molecular formula is C20H20N+. The van der Waals surface area contributed by atoms with Gasteiger partial charge >= 0.3 is 0 Å². The Bertz CT molecular complexity index is 635. The van der Waals surface area contributed by atoms with Crippen molar-refractivity contribution in [2.45, 2.75) is 6.54 Å². The summed E-state index contributed by atoms with van der Waals surface area (Å²) in [6, 6.07) is 32.1. The number of hydrogen-bond acceptors (Lipinski definition) is 0. The lowest BCUT2D eigenvalue weighted by molar-refractivity contribution is 0.451. The van der Waals surface area contributed by atoms with E-state index in [-0.39, 0.29) is 0 Å². The highest BCUT2D eigenvalue weighted by Gasteiger charge is 2.28. The van der Waals surface area contributed by atoms with Crippen molar-refractivity contribution in [3.05, 3.63) is 96.6 Å². The molecule has 1 nitrogen and oxygen atoms in total. The van der Waals surface area contributed by atoms with Gasteiger partial charge in [0.1, 0.15) is 17.9 Å². The summed E-state index contributed by atoms with van der Waals surface area (Å²) in [4.78, 5) is 0. The Kier molecular flexibility index (Phi) is 3.85. The minimum absolute atomic E-state index is 0.770. The van der Waals surface area contributed by atoms with E-state index in [1.165, 1.54) is 16.9 Å². The van der Waals surface area contributed by atoms with Gasteiger partial charge in [0.2, 0.25) is 0 Å². The predicted molar refractivity (Wildman–Crippen MR) is 90.4 cm³/mol. The molecule has 0 saturated heterocycles. The Hall–Kier alpha value is -2.38. The highest BCUT2D eigenvalue weighted by Crippen LogP contribution is 2.34. The third-order valence-corrected chi connectivity index (χ3v) is 3.99. The van der Waals surface area contributed by atoms with E-state index in [2.05, 4.69) is 98.0 Å². The largest absolute Gasteiger partial charge is 0.257 e. The van der Waals surface area contributed by atoms with Gasteiger partial charge in [-0.25, -0.2) is 0 Å². The molecule has 0 unspecified atom stereocenters. The molecule has 104 valence electrons. The molecule has 0 aliphatic heterocycles. The van der Waals surface area contributed by atoms with Crippen molar-refractivity contribution in [2.75, 3.05) is 7.05 Å². The van der Waals surface area contributed by atoms with Gasteiger partial charge in [-0.2, -0.15) is 0 Å². The van der Waals surface area contributed by atoms with Crippen molar-refractivity contribution in [3.8, 4) is 0 Å². The normalized spacial score (nSPS) is 11.3. The monoisotopic (exact) mass is 274 g/mol. The summed E-state index contributed by atoms with van der Waals surface area (Å²) >= 11 is 0. The zero-order valence-electron chi connectivity index (χ0n) is 12.3. The molecule has 0 bridgehead atoms. The molecule has 0 N–H and O–H groups in total. The lowest BCUT2D eigenvalue weighted by atomic mass is 10.1. The molecule has 0 radical (unpaired) electrons. The lowest BCUT2D eigenvalue weighted by Crippen LogP contribution is -2.38. The SMILES string of the molecule is C[N+](Cc1ccccc1)(c1ccccc1)c1ccccc1. The molecule has 3 aromatic carbocycles. The summed E-state index contributed by atoms with van der Waals surface area (Å²) < 4.78 is 0.770. The number of benzene rings is 3. The maximum absolute atomic E-state index is 2.28. The lowest BCUT2D eigenvalue weighted by Gasteiger charge is -2.33. The summed E-state index contributed by atoms with van der Waals surface area (Å²) in [5.74, 6) is 0. The first kappa shape index (κ1) is 13.6. The summed E-state index contributed by atoms with van der Waals surface area (Å²) in [5, 5.41) is 0. The molecule has 3 rings (SSSR count). The average molecular weight is 274 g/mol. The van der Waals surface area contributed by atoms with Crippen LogP contribution >= 0.6 is 0 Å². The second kappa shape index (κ2) is 5.94. The molecule has 0 amide bonds. The molecule has 21 heavy (non-hydrogen) atoms. The van der Waals surface area contributed by atoms with E-state index in [0.717, 1.165) is 11.0 Å². The number of para-hydroxylation sites is 2. The van der Waals surface area contributed by atoms with Crippen LogP contribution in [0.4, 0.5) is 11.4 Å². The Morgan fingerprint density at radius 3 is 1.38 bits per heavy atom. The van der Waals surface area contributed by atoms with Crippen LogP contribution in [0.2, 0.25) is 0 Å². The highest BCUT2D eigenvalue weighted by molar-refractivity contribution is 5.57. The third-order valence-electron chi connectivity index (χ3n) is 3.99. The van der Waals surface area contributed by atoms with Crippen LogP contribution in [-0.2, 0) is 6.54 Å². The molecule has 0 fully saturated rings. The summed E-state index contributed by atoms with van der Waals surface area (Å²) in [7, 11) is 2.28. The van der Waals surface area contributed by atoms with Crippen LogP contribution in [0.1, 0.15) is 5.56 Å². The molecule has 3 aromatic rings. The highest BCUT2D eigenvalue weighted by atomic mass is 15.3. The zero-order valence-corrected chi connectivity index (χ0v) is 12.3. The van der Waals surface area contributed by atoms with Crippen molar-refractivity contribution in [2.24, 2.45) is 0 Å². The number of rotatable bonds is 4. The van der Waals surface area contributed by atoms with Gasteiger partial charge in [0.05, 0.1) is 7.05 Å². The Morgan fingerprint density at radius 2 is 0.952 bits per heavy atom.